The highest BCUT2D eigenvalue weighted by atomic mass is 32.1. The van der Waals surface area contributed by atoms with Gasteiger partial charge in [-0.05, 0) is 48.4 Å². The number of aliphatic hydroxyl groups is 1. The van der Waals surface area contributed by atoms with E-state index >= 15 is 0 Å². The van der Waals surface area contributed by atoms with Crippen LogP contribution in [0, 0.1) is 5.92 Å². The average Bonchev–Trinajstić information content (AvgIpc) is 3.34. The summed E-state index contributed by atoms with van der Waals surface area (Å²) < 4.78 is 44.0. The van der Waals surface area contributed by atoms with Crippen LogP contribution in [0.3, 0.4) is 0 Å². The average molecular weight is 558 g/mol. The molecule has 1 aromatic carbocycles. The summed E-state index contributed by atoms with van der Waals surface area (Å²) in [5, 5.41) is 17.6. The number of aliphatic hydroxyl groups excluding tert-OH is 1. The van der Waals surface area contributed by atoms with Crippen LogP contribution in [0.15, 0.2) is 55.1 Å². The van der Waals surface area contributed by atoms with Gasteiger partial charge in [0.2, 0.25) is 0 Å². The molecule has 0 radical (unpaired) electrons. The van der Waals surface area contributed by atoms with Crippen LogP contribution in [0.4, 0.5) is 19.0 Å². The quantitative estimate of drug-likeness (QED) is 0.247. The normalized spacial score (nSPS) is 19.8. The zero-order valence-corrected chi connectivity index (χ0v) is 22.2. The fourth-order valence-electron chi connectivity index (χ4n) is 5.13. The molecule has 0 aliphatic heterocycles. The van der Waals surface area contributed by atoms with Crippen molar-refractivity contribution < 1.29 is 23.0 Å². The van der Waals surface area contributed by atoms with Gasteiger partial charge in [0.15, 0.2) is 0 Å². The monoisotopic (exact) mass is 557 g/mol. The van der Waals surface area contributed by atoms with Gasteiger partial charge in [-0.1, -0.05) is 24.3 Å². The molecule has 7 nitrogen and oxygen atoms in total. The fourth-order valence-corrected chi connectivity index (χ4v) is 6.16. The standard InChI is InChI=1S/C28H30F3N5O2S/c1-38-23-8-20(13-32-14-23)19-4-2-17(3-5-19)12-33-21-6-18(15-37)7-22(9-21)36-26-25-10-24(11-28(29,30)31)39-27(25)35-16-34-26/h2-5,8,10,13-14,16,18,21-22,33,37H,6-7,9,11-12,15H2,1H3,(H,34,35,36)/t18-,21+,22-/m1/s1. The van der Waals surface area contributed by atoms with E-state index in [1.54, 1.807) is 19.5 Å². The third-order valence-corrected chi connectivity index (χ3v) is 8.03. The minimum atomic E-state index is -4.27. The molecule has 1 fully saturated rings. The van der Waals surface area contributed by atoms with Gasteiger partial charge in [0.05, 0.1) is 25.1 Å². The molecule has 0 bridgehead atoms. The van der Waals surface area contributed by atoms with Crippen molar-refractivity contribution in [3.63, 3.8) is 0 Å². The highest BCUT2D eigenvalue weighted by Gasteiger charge is 2.31. The second-order valence-electron chi connectivity index (χ2n) is 9.93. The van der Waals surface area contributed by atoms with E-state index < -0.39 is 12.6 Å². The molecule has 1 aliphatic rings. The van der Waals surface area contributed by atoms with Gasteiger partial charge in [0.1, 0.15) is 22.7 Å². The number of thiophene rings is 1. The van der Waals surface area contributed by atoms with E-state index in [1.165, 1.54) is 12.4 Å². The molecule has 0 unspecified atom stereocenters. The number of halogens is 3. The van der Waals surface area contributed by atoms with E-state index in [1.807, 2.05) is 6.07 Å². The van der Waals surface area contributed by atoms with Gasteiger partial charge in [0, 0.05) is 41.9 Å². The number of anilines is 1. The minimum Gasteiger partial charge on any atom is -0.495 e. The molecule has 0 amide bonds. The van der Waals surface area contributed by atoms with E-state index in [0.29, 0.717) is 28.3 Å². The lowest BCUT2D eigenvalue weighted by Gasteiger charge is -2.35. The number of pyridine rings is 1. The highest BCUT2D eigenvalue weighted by molar-refractivity contribution is 7.18. The second-order valence-corrected chi connectivity index (χ2v) is 11.0. The first-order chi connectivity index (χ1) is 18.8. The van der Waals surface area contributed by atoms with E-state index in [4.69, 9.17) is 4.74 Å². The third-order valence-electron chi connectivity index (χ3n) is 6.99. The number of hydrogen-bond donors (Lipinski definition) is 3. The van der Waals surface area contributed by atoms with Gasteiger partial charge in [-0.3, -0.25) is 4.98 Å². The van der Waals surface area contributed by atoms with Crippen LogP contribution in [-0.4, -0.2) is 52.0 Å². The summed E-state index contributed by atoms with van der Waals surface area (Å²) in [4.78, 5) is 13.5. The lowest BCUT2D eigenvalue weighted by molar-refractivity contribution is -0.126. The fraction of sp³-hybridized carbons (Fsp3) is 0.393. The number of benzene rings is 1. The SMILES string of the molecule is COc1cncc(-c2ccc(CN[C@H]3C[C@@H](CO)C[C@@H](Nc4ncnc5sc(CC(F)(F)F)cc45)C3)cc2)c1. The number of fused-ring (bicyclic) bond motifs is 1. The first-order valence-electron chi connectivity index (χ1n) is 12.8. The molecule has 11 heteroatoms. The van der Waals surface area contributed by atoms with Gasteiger partial charge < -0.3 is 20.5 Å². The Morgan fingerprint density at radius 2 is 1.82 bits per heavy atom. The van der Waals surface area contributed by atoms with E-state index in [0.717, 1.165) is 47.3 Å². The molecule has 0 saturated heterocycles. The van der Waals surface area contributed by atoms with Crippen LogP contribution < -0.4 is 15.4 Å². The van der Waals surface area contributed by atoms with Crippen LogP contribution in [0.5, 0.6) is 5.75 Å². The summed E-state index contributed by atoms with van der Waals surface area (Å²) in [6.45, 7) is 0.752. The molecule has 4 aromatic rings. The number of nitrogens with one attached hydrogen (secondary N) is 2. The molecular weight excluding hydrogens is 527 g/mol. The maximum Gasteiger partial charge on any atom is 0.393 e. The lowest BCUT2D eigenvalue weighted by Crippen LogP contribution is -2.43. The highest BCUT2D eigenvalue weighted by Crippen LogP contribution is 2.34. The summed E-state index contributed by atoms with van der Waals surface area (Å²) in [6, 6.07) is 11.9. The van der Waals surface area contributed by atoms with Crippen LogP contribution in [-0.2, 0) is 13.0 Å². The zero-order valence-electron chi connectivity index (χ0n) is 21.4. The molecule has 3 atom stereocenters. The molecule has 5 rings (SSSR count). The number of methoxy groups -OCH3 is 1. The molecule has 39 heavy (non-hydrogen) atoms. The smallest absolute Gasteiger partial charge is 0.393 e. The number of ether oxygens (including phenoxy) is 1. The van der Waals surface area contributed by atoms with E-state index in [2.05, 4.69) is 49.9 Å². The van der Waals surface area contributed by atoms with Crippen molar-refractivity contribution in [3.05, 3.63) is 65.6 Å². The summed E-state index contributed by atoms with van der Waals surface area (Å²) >= 11 is 1.04. The Bertz CT molecular complexity index is 1400. The Morgan fingerprint density at radius 1 is 1.03 bits per heavy atom. The summed E-state index contributed by atoms with van der Waals surface area (Å²) in [6.07, 6.45) is 2.00. The zero-order chi connectivity index (χ0) is 27.4. The van der Waals surface area contributed by atoms with E-state index in [9.17, 15) is 18.3 Å². The first kappa shape index (κ1) is 27.3. The van der Waals surface area contributed by atoms with Crippen LogP contribution in [0.25, 0.3) is 21.3 Å². The van der Waals surface area contributed by atoms with Gasteiger partial charge in [0.25, 0.3) is 0 Å². The second kappa shape index (κ2) is 11.8. The van der Waals surface area contributed by atoms with Crippen molar-refractivity contribution in [1.29, 1.82) is 0 Å². The van der Waals surface area contributed by atoms with Crippen molar-refractivity contribution in [1.82, 2.24) is 20.3 Å². The summed E-state index contributed by atoms with van der Waals surface area (Å²) in [7, 11) is 1.62. The molecule has 1 saturated carbocycles. The largest absolute Gasteiger partial charge is 0.495 e. The predicted octanol–water partition coefficient (Wildman–Crippen LogP) is 5.60. The summed E-state index contributed by atoms with van der Waals surface area (Å²) in [5.41, 5.74) is 3.17. The van der Waals surface area contributed by atoms with Gasteiger partial charge >= 0.3 is 6.18 Å². The number of aromatic nitrogens is 3. The minimum absolute atomic E-state index is 0.0143. The third kappa shape index (κ3) is 7.03. The van der Waals surface area contributed by atoms with Gasteiger partial charge in [-0.25, -0.2) is 9.97 Å². The molecule has 3 aromatic heterocycles. The van der Waals surface area contributed by atoms with Crippen molar-refractivity contribution in [2.45, 2.75) is 50.5 Å². The molecule has 206 valence electrons. The Hall–Kier alpha value is -3.28. The Kier molecular flexibility index (Phi) is 8.29. The number of rotatable bonds is 9. The van der Waals surface area contributed by atoms with Gasteiger partial charge in [-0.2, -0.15) is 13.2 Å². The van der Waals surface area contributed by atoms with Crippen LogP contribution in [0.1, 0.15) is 29.7 Å². The number of hydrogen-bond acceptors (Lipinski definition) is 8. The molecule has 1 aliphatic carbocycles. The number of alkyl halides is 3. The van der Waals surface area contributed by atoms with Crippen molar-refractivity contribution >= 4 is 27.4 Å². The first-order valence-corrected chi connectivity index (χ1v) is 13.6. The Labute approximate surface area is 228 Å². The Morgan fingerprint density at radius 3 is 2.56 bits per heavy atom. The molecule has 3 N–H and O–H groups in total. The van der Waals surface area contributed by atoms with Crippen molar-refractivity contribution in [2.75, 3.05) is 19.0 Å². The molecular formula is C28H30F3N5O2S. The number of nitrogens with zero attached hydrogens (tertiary/aromatic N) is 3. The van der Waals surface area contributed by atoms with Crippen molar-refractivity contribution in [2.24, 2.45) is 5.92 Å². The van der Waals surface area contributed by atoms with Gasteiger partial charge in [-0.15, -0.1) is 11.3 Å². The Balaban J connectivity index is 1.23. The van der Waals surface area contributed by atoms with Crippen LogP contribution in [0.2, 0.25) is 0 Å². The lowest BCUT2D eigenvalue weighted by atomic mass is 9.82. The van der Waals surface area contributed by atoms with Crippen molar-refractivity contribution in [3.8, 4) is 16.9 Å². The molecule has 3 heterocycles. The summed E-state index contributed by atoms with van der Waals surface area (Å²) in [5.74, 6) is 1.35. The van der Waals surface area contributed by atoms with Crippen LogP contribution >= 0.6 is 11.3 Å². The maximum absolute atomic E-state index is 12.9. The maximum atomic E-state index is 12.9. The predicted molar refractivity (Wildman–Crippen MR) is 146 cm³/mol. The topological polar surface area (TPSA) is 92.2 Å². The van der Waals surface area contributed by atoms with E-state index in [-0.39, 0.29) is 29.5 Å². The molecule has 0 spiro atoms.